The third-order valence-corrected chi connectivity index (χ3v) is 2.50. The summed E-state index contributed by atoms with van der Waals surface area (Å²) in [6.45, 7) is 0. The predicted octanol–water partition coefficient (Wildman–Crippen LogP) is 1.57. The van der Waals surface area contributed by atoms with Gasteiger partial charge in [-0.2, -0.15) is 0 Å². The Morgan fingerprint density at radius 2 is 2.23 bits per heavy atom. The van der Waals surface area contributed by atoms with E-state index in [0.29, 0.717) is 11.3 Å². The smallest absolute Gasteiger partial charge is 0.257 e. The van der Waals surface area contributed by atoms with Gasteiger partial charge in [0.25, 0.3) is 5.91 Å². The van der Waals surface area contributed by atoms with Crippen LogP contribution in [0.5, 0.6) is 0 Å². The number of fused-ring (bicyclic) bond motifs is 1. The summed E-state index contributed by atoms with van der Waals surface area (Å²) < 4.78 is 13.2. The van der Waals surface area contributed by atoms with Crippen LogP contribution in [0.15, 0.2) is 16.6 Å². The molecule has 2 rings (SSSR count). The highest BCUT2D eigenvalue weighted by Gasteiger charge is 2.29. The fourth-order valence-corrected chi connectivity index (χ4v) is 1.60. The van der Waals surface area contributed by atoms with E-state index in [-0.39, 0.29) is 4.47 Å². The summed E-state index contributed by atoms with van der Waals surface area (Å²) >= 11 is 2.97. The van der Waals surface area contributed by atoms with Crippen LogP contribution in [0.2, 0.25) is 0 Å². The molecule has 0 saturated carbocycles. The van der Waals surface area contributed by atoms with Crippen LogP contribution in [0, 0.1) is 5.82 Å². The van der Waals surface area contributed by atoms with E-state index in [4.69, 9.17) is 0 Å². The van der Waals surface area contributed by atoms with Crippen molar-refractivity contribution < 1.29 is 14.3 Å². The number of hydrogen-bond donors (Lipinski definition) is 2. The minimum atomic E-state index is -1.19. The Hall–Kier alpha value is -0.940. The van der Waals surface area contributed by atoms with E-state index in [1.54, 1.807) is 0 Å². The first-order valence-electron chi connectivity index (χ1n) is 3.57. The standard InChI is InChI=1S/C8H5BrFNO2/c9-4-1-3-6(2-5(4)10)11-8(13)7(3)12/h1-2,7,12H,(H,11,13). The van der Waals surface area contributed by atoms with Crippen LogP contribution in [-0.4, -0.2) is 11.0 Å². The Morgan fingerprint density at radius 3 is 2.92 bits per heavy atom. The van der Waals surface area contributed by atoms with Crippen molar-refractivity contribution in [1.29, 1.82) is 0 Å². The van der Waals surface area contributed by atoms with Gasteiger partial charge < -0.3 is 10.4 Å². The number of aliphatic hydroxyl groups excluding tert-OH is 1. The van der Waals surface area contributed by atoms with Gasteiger partial charge in [-0.05, 0) is 28.1 Å². The molecule has 0 saturated heterocycles. The fraction of sp³-hybridized carbons (Fsp3) is 0.125. The van der Waals surface area contributed by atoms with E-state index in [1.807, 2.05) is 0 Å². The summed E-state index contributed by atoms with van der Waals surface area (Å²) in [5, 5.41) is 11.7. The largest absolute Gasteiger partial charge is 0.378 e. The number of rotatable bonds is 0. The second-order valence-corrected chi connectivity index (χ2v) is 3.60. The lowest BCUT2D eigenvalue weighted by molar-refractivity contribution is -0.123. The van der Waals surface area contributed by atoms with Crippen molar-refractivity contribution in [3.05, 3.63) is 28.0 Å². The van der Waals surface area contributed by atoms with Crippen molar-refractivity contribution >= 4 is 27.5 Å². The third-order valence-electron chi connectivity index (χ3n) is 1.89. The van der Waals surface area contributed by atoms with Crippen molar-refractivity contribution in [2.45, 2.75) is 6.10 Å². The van der Waals surface area contributed by atoms with Gasteiger partial charge in [-0.25, -0.2) is 4.39 Å². The predicted molar refractivity (Wildman–Crippen MR) is 47.7 cm³/mol. The average Bonchev–Trinajstić information content (AvgIpc) is 2.32. The van der Waals surface area contributed by atoms with Gasteiger partial charge in [-0.1, -0.05) is 0 Å². The second-order valence-electron chi connectivity index (χ2n) is 2.75. The highest BCUT2D eigenvalue weighted by molar-refractivity contribution is 9.10. The van der Waals surface area contributed by atoms with Gasteiger partial charge in [-0.15, -0.1) is 0 Å². The molecule has 13 heavy (non-hydrogen) atoms. The highest BCUT2D eigenvalue weighted by atomic mass is 79.9. The zero-order valence-corrected chi connectivity index (χ0v) is 7.93. The molecule has 2 N–H and O–H groups in total. The Labute approximate surface area is 81.7 Å². The summed E-state index contributed by atoms with van der Waals surface area (Å²) in [5.74, 6) is -0.986. The lowest BCUT2D eigenvalue weighted by Crippen LogP contribution is -2.10. The first kappa shape index (κ1) is 8.65. The average molecular weight is 246 g/mol. The second kappa shape index (κ2) is 2.78. The maximum absolute atomic E-state index is 12.9. The van der Waals surface area contributed by atoms with Crippen LogP contribution in [0.4, 0.5) is 10.1 Å². The molecule has 0 fully saturated rings. The topological polar surface area (TPSA) is 49.3 Å². The molecule has 1 heterocycles. The molecule has 1 aromatic rings. The molecule has 1 atom stereocenters. The van der Waals surface area contributed by atoms with Crippen molar-refractivity contribution in [3.8, 4) is 0 Å². The van der Waals surface area contributed by atoms with Gasteiger partial charge in [0, 0.05) is 5.56 Å². The quantitative estimate of drug-likeness (QED) is 0.730. The first-order valence-corrected chi connectivity index (χ1v) is 4.37. The summed E-state index contributed by atoms with van der Waals surface area (Å²) in [6, 6.07) is 2.57. The van der Waals surface area contributed by atoms with Crippen LogP contribution in [0.25, 0.3) is 0 Å². The van der Waals surface area contributed by atoms with E-state index >= 15 is 0 Å². The number of amides is 1. The molecular weight excluding hydrogens is 241 g/mol. The zero-order chi connectivity index (χ0) is 9.59. The summed E-state index contributed by atoms with van der Waals surface area (Å²) in [6.07, 6.45) is -1.19. The third kappa shape index (κ3) is 1.24. The number of aliphatic hydroxyl groups is 1. The number of nitrogens with one attached hydrogen (secondary N) is 1. The molecule has 0 radical (unpaired) electrons. The van der Waals surface area contributed by atoms with Crippen LogP contribution in [0.1, 0.15) is 11.7 Å². The summed E-state index contributed by atoms with van der Waals surface area (Å²) in [7, 11) is 0. The van der Waals surface area contributed by atoms with Crippen LogP contribution in [0.3, 0.4) is 0 Å². The van der Waals surface area contributed by atoms with Gasteiger partial charge >= 0.3 is 0 Å². The SMILES string of the molecule is O=C1Nc2cc(F)c(Br)cc2C1O. The molecule has 1 aromatic carbocycles. The first-order chi connectivity index (χ1) is 6.09. The van der Waals surface area contributed by atoms with E-state index in [9.17, 15) is 14.3 Å². The van der Waals surface area contributed by atoms with Crippen LogP contribution >= 0.6 is 15.9 Å². The molecular formula is C8H5BrFNO2. The number of benzene rings is 1. The Balaban J connectivity index is 2.59. The molecule has 0 aliphatic carbocycles. The van der Waals surface area contributed by atoms with Crippen LogP contribution < -0.4 is 5.32 Å². The normalized spacial score (nSPS) is 19.9. The summed E-state index contributed by atoms with van der Waals surface area (Å²) in [4.78, 5) is 11.0. The molecule has 1 amide bonds. The van der Waals surface area contributed by atoms with Crippen molar-refractivity contribution in [2.75, 3.05) is 5.32 Å². The molecule has 0 spiro atoms. The number of carbonyl (C=O) groups is 1. The van der Waals surface area contributed by atoms with Crippen molar-refractivity contribution in [2.24, 2.45) is 0 Å². The Bertz CT molecular complexity index is 394. The minimum Gasteiger partial charge on any atom is -0.378 e. The molecule has 1 aliphatic heterocycles. The molecule has 3 nitrogen and oxygen atoms in total. The molecule has 5 heteroatoms. The lowest BCUT2D eigenvalue weighted by atomic mass is 10.1. The lowest BCUT2D eigenvalue weighted by Gasteiger charge is -2.01. The minimum absolute atomic E-state index is 0.238. The highest BCUT2D eigenvalue weighted by Crippen LogP contribution is 2.34. The number of hydrogen-bond acceptors (Lipinski definition) is 2. The van der Waals surface area contributed by atoms with Gasteiger partial charge in [0.05, 0.1) is 10.2 Å². The fourth-order valence-electron chi connectivity index (χ4n) is 1.24. The molecule has 0 aromatic heterocycles. The zero-order valence-electron chi connectivity index (χ0n) is 6.34. The number of anilines is 1. The number of carbonyl (C=O) groups excluding carboxylic acids is 1. The van der Waals surface area contributed by atoms with Crippen LogP contribution in [-0.2, 0) is 4.79 Å². The van der Waals surface area contributed by atoms with E-state index in [2.05, 4.69) is 21.2 Å². The molecule has 1 aliphatic rings. The van der Waals surface area contributed by atoms with Gasteiger partial charge in [0.15, 0.2) is 6.10 Å². The van der Waals surface area contributed by atoms with Crippen molar-refractivity contribution in [1.82, 2.24) is 0 Å². The molecule has 1 unspecified atom stereocenters. The molecule has 0 bridgehead atoms. The Kier molecular flexibility index (Phi) is 1.85. The van der Waals surface area contributed by atoms with E-state index < -0.39 is 17.8 Å². The number of halogens is 2. The van der Waals surface area contributed by atoms with Gasteiger partial charge in [-0.3, -0.25) is 4.79 Å². The van der Waals surface area contributed by atoms with E-state index in [1.165, 1.54) is 12.1 Å². The Morgan fingerprint density at radius 1 is 1.54 bits per heavy atom. The van der Waals surface area contributed by atoms with Gasteiger partial charge in [0.1, 0.15) is 5.82 Å². The maximum atomic E-state index is 12.9. The maximum Gasteiger partial charge on any atom is 0.257 e. The van der Waals surface area contributed by atoms with Gasteiger partial charge in [0.2, 0.25) is 0 Å². The van der Waals surface area contributed by atoms with E-state index in [0.717, 1.165) is 0 Å². The van der Waals surface area contributed by atoms with Crippen molar-refractivity contribution in [3.63, 3.8) is 0 Å². The summed E-state index contributed by atoms with van der Waals surface area (Å²) in [5.41, 5.74) is 0.733. The molecule has 68 valence electrons. The monoisotopic (exact) mass is 245 g/mol.